The summed E-state index contributed by atoms with van der Waals surface area (Å²) in [5.41, 5.74) is 1.67. The van der Waals surface area contributed by atoms with Crippen molar-refractivity contribution in [3.05, 3.63) is 47.9 Å². The van der Waals surface area contributed by atoms with Gasteiger partial charge < -0.3 is 9.73 Å². The van der Waals surface area contributed by atoms with E-state index in [0.717, 1.165) is 24.8 Å². The second-order valence-corrected chi connectivity index (χ2v) is 7.85. The zero-order valence-corrected chi connectivity index (χ0v) is 14.3. The van der Waals surface area contributed by atoms with Gasteiger partial charge in [-0.25, -0.2) is 8.42 Å². The Kier molecular flexibility index (Phi) is 4.73. The van der Waals surface area contributed by atoms with Crippen molar-refractivity contribution < 1.29 is 17.6 Å². The van der Waals surface area contributed by atoms with Crippen molar-refractivity contribution in [1.29, 1.82) is 0 Å². The summed E-state index contributed by atoms with van der Waals surface area (Å²) in [5, 5.41) is 2.75. The van der Waals surface area contributed by atoms with E-state index in [4.69, 9.17) is 4.42 Å². The SMILES string of the molecule is Cc1ccc(S(=O)(=O)N2CCCCC2)cc1NC(=O)c1ccoc1. The van der Waals surface area contributed by atoms with Crippen LogP contribution in [0.2, 0.25) is 0 Å². The molecule has 1 saturated heterocycles. The van der Waals surface area contributed by atoms with Crippen LogP contribution in [-0.4, -0.2) is 31.7 Å². The molecule has 1 fully saturated rings. The van der Waals surface area contributed by atoms with E-state index < -0.39 is 10.0 Å². The number of piperidine rings is 1. The molecule has 0 unspecified atom stereocenters. The van der Waals surface area contributed by atoms with E-state index in [-0.39, 0.29) is 10.8 Å². The first-order valence-electron chi connectivity index (χ1n) is 7.93. The number of hydrogen-bond acceptors (Lipinski definition) is 4. The molecular weight excluding hydrogens is 328 g/mol. The minimum atomic E-state index is -3.53. The van der Waals surface area contributed by atoms with Crippen molar-refractivity contribution in [2.24, 2.45) is 0 Å². The average molecular weight is 348 g/mol. The van der Waals surface area contributed by atoms with Gasteiger partial charge in [-0.3, -0.25) is 4.79 Å². The normalized spacial score (nSPS) is 16.0. The lowest BCUT2D eigenvalue weighted by atomic mass is 10.2. The summed E-state index contributed by atoms with van der Waals surface area (Å²) in [6.45, 7) is 2.92. The lowest BCUT2D eigenvalue weighted by Crippen LogP contribution is -2.35. The third-order valence-corrected chi connectivity index (χ3v) is 6.09. The maximum absolute atomic E-state index is 12.8. The molecule has 1 aromatic heterocycles. The Bertz CT molecular complexity index is 822. The fourth-order valence-corrected chi connectivity index (χ4v) is 4.28. The molecule has 1 aliphatic rings. The minimum Gasteiger partial charge on any atom is -0.472 e. The molecule has 0 saturated carbocycles. The highest BCUT2D eigenvalue weighted by Gasteiger charge is 2.26. The van der Waals surface area contributed by atoms with E-state index in [1.165, 1.54) is 22.9 Å². The molecule has 128 valence electrons. The van der Waals surface area contributed by atoms with Crippen LogP contribution in [0, 0.1) is 6.92 Å². The molecule has 0 bridgehead atoms. The van der Waals surface area contributed by atoms with Gasteiger partial charge in [0.2, 0.25) is 10.0 Å². The smallest absolute Gasteiger partial charge is 0.258 e. The van der Waals surface area contributed by atoms with Crippen LogP contribution in [0.3, 0.4) is 0 Å². The van der Waals surface area contributed by atoms with Crippen molar-refractivity contribution >= 4 is 21.6 Å². The number of carbonyl (C=O) groups excluding carboxylic acids is 1. The quantitative estimate of drug-likeness (QED) is 0.921. The predicted molar refractivity (Wildman–Crippen MR) is 90.5 cm³/mol. The van der Waals surface area contributed by atoms with Crippen molar-refractivity contribution in [3.8, 4) is 0 Å². The number of sulfonamides is 1. The van der Waals surface area contributed by atoms with Crippen LogP contribution in [0.25, 0.3) is 0 Å². The fraction of sp³-hybridized carbons (Fsp3) is 0.353. The second-order valence-electron chi connectivity index (χ2n) is 5.91. The molecule has 0 aliphatic carbocycles. The van der Waals surface area contributed by atoms with Gasteiger partial charge in [0.1, 0.15) is 6.26 Å². The van der Waals surface area contributed by atoms with Gasteiger partial charge in [0.25, 0.3) is 5.91 Å². The van der Waals surface area contributed by atoms with Crippen LogP contribution in [0.4, 0.5) is 5.69 Å². The van der Waals surface area contributed by atoms with Gasteiger partial charge in [-0.1, -0.05) is 12.5 Å². The monoisotopic (exact) mass is 348 g/mol. The summed E-state index contributed by atoms with van der Waals surface area (Å²) in [7, 11) is -3.53. The van der Waals surface area contributed by atoms with E-state index in [1.807, 2.05) is 6.92 Å². The molecule has 1 aliphatic heterocycles. The molecule has 0 radical (unpaired) electrons. The Balaban J connectivity index is 1.87. The minimum absolute atomic E-state index is 0.206. The predicted octanol–water partition coefficient (Wildman–Crippen LogP) is 3.01. The van der Waals surface area contributed by atoms with Gasteiger partial charge in [-0.2, -0.15) is 4.31 Å². The number of furan rings is 1. The number of benzene rings is 1. The van der Waals surface area contributed by atoms with Crippen molar-refractivity contribution in [2.45, 2.75) is 31.1 Å². The van der Waals surface area contributed by atoms with Gasteiger partial charge in [-0.05, 0) is 43.5 Å². The van der Waals surface area contributed by atoms with E-state index in [0.29, 0.717) is 24.3 Å². The summed E-state index contributed by atoms with van der Waals surface area (Å²) >= 11 is 0. The first kappa shape index (κ1) is 16.7. The molecule has 2 aromatic rings. The van der Waals surface area contributed by atoms with Gasteiger partial charge >= 0.3 is 0 Å². The maximum Gasteiger partial charge on any atom is 0.258 e. The molecule has 3 rings (SSSR count). The Hall–Kier alpha value is -2.12. The number of nitrogens with one attached hydrogen (secondary N) is 1. The summed E-state index contributed by atoms with van der Waals surface area (Å²) in [6.07, 6.45) is 5.59. The number of amides is 1. The first-order valence-corrected chi connectivity index (χ1v) is 9.37. The molecule has 24 heavy (non-hydrogen) atoms. The van der Waals surface area contributed by atoms with E-state index in [1.54, 1.807) is 18.2 Å². The Morgan fingerprint density at radius 3 is 2.58 bits per heavy atom. The highest BCUT2D eigenvalue weighted by Crippen LogP contribution is 2.25. The number of nitrogens with zero attached hydrogens (tertiary/aromatic N) is 1. The molecule has 0 atom stereocenters. The summed E-state index contributed by atoms with van der Waals surface area (Å²) in [5.74, 6) is -0.334. The number of carbonyl (C=O) groups is 1. The third kappa shape index (κ3) is 3.37. The van der Waals surface area contributed by atoms with Crippen LogP contribution in [0.15, 0.2) is 46.1 Å². The first-order chi connectivity index (χ1) is 11.5. The summed E-state index contributed by atoms with van der Waals surface area (Å²) in [6, 6.07) is 6.38. The zero-order chi connectivity index (χ0) is 17.2. The maximum atomic E-state index is 12.8. The molecule has 1 aromatic carbocycles. The van der Waals surface area contributed by atoms with Crippen molar-refractivity contribution in [3.63, 3.8) is 0 Å². The molecule has 2 heterocycles. The summed E-state index contributed by atoms with van der Waals surface area (Å²) in [4.78, 5) is 12.4. The Morgan fingerprint density at radius 2 is 1.92 bits per heavy atom. The highest BCUT2D eigenvalue weighted by molar-refractivity contribution is 7.89. The van der Waals surface area contributed by atoms with Crippen molar-refractivity contribution in [2.75, 3.05) is 18.4 Å². The molecule has 6 nitrogen and oxygen atoms in total. The van der Waals surface area contributed by atoms with E-state index in [9.17, 15) is 13.2 Å². The topological polar surface area (TPSA) is 79.6 Å². The largest absolute Gasteiger partial charge is 0.472 e. The number of anilines is 1. The van der Waals surface area contributed by atoms with E-state index in [2.05, 4.69) is 5.32 Å². The number of hydrogen-bond donors (Lipinski definition) is 1. The number of aryl methyl sites for hydroxylation is 1. The molecule has 1 amide bonds. The van der Waals surface area contributed by atoms with Crippen LogP contribution in [0.1, 0.15) is 35.2 Å². The second kappa shape index (κ2) is 6.78. The lowest BCUT2D eigenvalue weighted by Gasteiger charge is -2.26. The average Bonchev–Trinajstić information content (AvgIpc) is 3.12. The van der Waals surface area contributed by atoms with Crippen molar-refractivity contribution in [1.82, 2.24) is 4.31 Å². The van der Waals surface area contributed by atoms with Crippen LogP contribution in [-0.2, 0) is 10.0 Å². The molecule has 0 spiro atoms. The van der Waals surface area contributed by atoms with E-state index >= 15 is 0 Å². The lowest BCUT2D eigenvalue weighted by molar-refractivity contribution is 0.102. The van der Waals surface area contributed by atoms with Gasteiger partial charge in [0, 0.05) is 18.8 Å². The summed E-state index contributed by atoms with van der Waals surface area (Å²) < 4.78 is 31.9. The molecule has 7 heteroatoms. The van der Waals surface area contributed by atoms with Crippen LogP contribution < -0.4 is 5.32 Å². The standard InChI is InChI=1S/C17H20N2O4S/c1-13-5-6-15(24(21,22)19-8-3-2-4-9-19)11-16(13)18-17(20)14-7-10-23-12-14/h5-7,10-12H,2-4,8-9H2,1H3,(H,18,20). The molecular formula is C17H20N2O4S. The fourth-order valence-electron chi connectivity index (χ4n) is 2.74. The van der Waals surface area contributed by atoms with Gasteiger partial charge in [0.05, 0.1) is 16.7 Å². The Labute approximate surface area is 141 Å². The van der Waals surface area contributed by atoms with Gasteiger partial charge in [-0.15, -0.1) is 0 Å². The Morgan fingerprint density at radius 1 is 1.17 bits per heavy atom. The third-order valence-electron chi connectivity index (χ3n) is 4.19. The number of rotatable bonds is 4. The van der Waals surface area contributed by atoms with Crippen LogP contribution >= 0.6 is 0 Å². The zero-order valence-electron chi connectivity index (χ0n) is 13.5. The highest BCUT2D eigenvalue weighted by atomic mass is 32.2. The van der Waals surface area contributed by atoms with Gasteiger partial charge in [0.15, 0.2) is 0 Å². The molecule has 1 N–H and O–H groups in total. The van der Waals surface area contributed by atoms with Crippen LogP contribution in [0.5, 0.6) is 0 Å².